The number of pyridine rings is 1. The maximum absolute atomic E-state index is 14.5. The molecule has 0 amide bonds. The van der Waals surface area contributed by atoms with Crippen molar-refractivity contribution in [2.24, 2.45) is 0 Å². The largest absolute Gasteiger partial charge is 0.420 e. The van der Waals surface area contributed by atoms with Crippen molar-refractivity contribution in [3.05, 3.63) is 71.2 Å². The number of hydrogen-bond donors (Lipinski definition) is 2. The van der Waals surface area contributed by atoms with Crippen molar-refractivity contribution in [3.63, 3.8) is 0 Å². The highest BCUT2D eigenvalue weighted by atomic mass is 19.4. The van der Waals surface area contributed by atoms with Gasteiger partial charge in [0.05, 0.1) is 23.1 Å². The Labute approximate surface area is 268 Å². The number of nitrogens with one attached hydrogen (secondary N) is 1. The highest BCUT2D eigenvalue weighted by Crippen LogP contribution is 2.40. The number of benzene rings is 1. The van der Waals surface area contributed by atoms with Crippen LogP contribution in [0.15, 0.2) is 53.2 Å². The molecule has 2 aliphatic heterocycles. The summed E-state index contributed by atoms with van der Waals surface area (Å²) in [5, 5.41) is 23.0. The van der Waals surface area contributed by atoms with Gasteiger partial charge in [0.15, 0.2) is 11.9 Å². The zero-order valence-corrected chi connectivity index (χ0v) is 26.0. The van der Waals surface area contributed by atoms with Crippen LogP contribution in [-0.2, 0) is 17.5 Å². The number of likely N-dealkylation sites (tertiary alicyclic amines) is 1. The van der Waals surface area contributed by atoms with Crippen molar-refractivity contribution in [2.75, 3.05) is 25.0 Å². The molecule has 0 spiro atoms. The second-order valence-electron chi connectivity index (χ2n) is 12.2. The lowest BCUT2D eigenvalue weighted by Gasteiger charge is -2.36. The molecule has 1 unspecified atom stereocenters. The summed E-state index contributed by atoms with van der Waals surface area (Å²) in [5.41, 5.74) is 2.05. The van der Waals surface area contributed by atoms with Crippen LogP contribution in [0.2, 0.25) is 0 Å². The van der Waals surface area contributed by atoms with Crippen molar-refractivity contribution < 1.29 is 27.5 Å². The van der Waals surface area contributed by atoms with Crippen LogP contribution >= 0.6 is 0 Å². The average Bonchev–Trinajstić information content (AvgIpc) is 3.59. The fraction of sp³-hybridized carbons (Fsp3) is 0.424. The molecule has 47 heavy (non-hydrogen) atoms. The monoisotopic (exact) mass is 648 g/mol. The normalized spacial score (nSPS) is 20.9. The highest BCUT2D eigenvalue weighted by Gasteiger charge is 2.38. The lowest BCUT2D eigenvalue weighted by atomic mass is 10.0. The summed E-state index contributed by atoms with van der Waals surface area (Å²) in [6.45, 7) is 5.77. The number of β-amino-alcohol motifs (C(OH)–C–C–N with tert-alkyl or cyclic N) is 1. The van der Waals surface area contributed by atoms with E-state index in [-0.39, 0.29) is 23.4 Å². The fourth-order valence-corrected chi connectivity index (χ4v) is 6.56. The third-order valence-electron chi connectivity index (χ3n) is 8.68. The van der Waals surface area contributed by atoms with Crippen LogP contribution in [0.1, 0.15) is 54.5 Å². The first kappa shape index (κ1) is 31.2. The number of alkyl halides is 3. The van der Waals surface area contributed by atoms with Gasteiger partial charge < -0.3 is 19.7 Å². The van der Waals surface area contributed by atoms with Crippen molar-refractivity contribution in [2.45, 2.75) is 70.6 Å². The smallest absolute Gasteiger partial charge is 0.392 e. The maximum atomic E-state index is 14.5. The molecule has 0 aliphatic carbocycles. The van der Waals surface area contributed by atoms with Gasteiger partial charge in [-0.25, -0.2) is 19.6 Å². The van der Waals surface area contributed by atoms with E-state index in [4.69, 9.17) is 19.3 Å². The van der Waals surface area contributed by atoms with Crippen LogP contribution in [0.3, 0.4) is 0 Å². The quantitative estimate of drug-likeness (QED) is 0.219. The molecular weight excluding hydrogens is 613 g/mol. The minimum atomic E-state index is -4.75. The maximum Gasteiger partial charge on any atom is 0.420 e. The molecule has 3 atom stereocenters. The number of aryl methyl sites for hydroxylation is 2. The van der Waals surface area contributed by atoms with Gasteiger partial charge in [0.2, 0.25) is 5.95 Å². The molecule has 4 aromatic heterocycles. The van der Waals surface area contributed by atoms with Gasteiger partial charge in [-0.05, 0) is 57.2 Å². The van der Waals surface area contributed by atoms with Gasteiger partial charge in [-0.1, -0.05) is 35.5 Å². The first-order valence-electron chi connectivity index (χ1n) is 15.7. The number of ether oxygens (including phenoxy) is 1. The molecule has 1 aromatic carbocycles. The molecule has 0 saturated carbocycles. The number of nitrogens with zero attached hydrogens (tertiary/aromatic N) is 7. The third kappa shape index (κ3) is 6.45. The van der Waals surface area contributed by atoms with Crippen LogP contribution in [-0.4, -0.2) is 71.7 Å². The van der Waals surface area contributed by atoms with Crippen molar-refractivity contribution in [1.82, 2.24) is 34.8 Å². The Morgan fingerprint density at radius 1 is 1.02 bits per heavy atom. The van der Waals surface area contributed by atoms with Gasteiger partial charge in [0.1, 0.15) is 22.7 Å². The van der Waals surface area contributed by atoms with Crippen LogP contribution in [0.5, 0.6) is 0 Å². The zero-order valence-electron chi connectivity index (χ0n) is 26.0. The lowest BCUT2D eigenvalue weighted by Crippen LogP contribution is -2.48. The van der Waals surface area contributed by atoms with Gasteiger partial charge in [0.25, 0.3) is 0 Å². The molecule has 0 radical (unpaired) electrons. The van der Waals surface area contributed by atoms with Crippen LogP contribution in [0, 0.1) is 13.8 Å². The highest BCUT2D eigenvalue weighted by molar-refractivity contribution is 5.92. The van der Waals surface area contributed by atoms with E-state index in [1.165, 1.54) is 0 Å². The number of aromatic nitrogens is 6. The van der Waals surface area contributed by atoms with Gasteiger partial charge in [-0.2, -0.15) is 18.3 Å². The molecular formula is C33H35F3N8O3. The summed E-state index contributed by atoms with van der Waals surface area (Å²) in [6.07, 6.45) is -2.27. The molecule has 246 valence electrons. The van der Waals surface area contributed by atoms with Gasteiger partial charge >= 0.3 is 6.18 Å². The Morgan fingerprint density at radius 2 is 1.85 bits per heavy atom. The number of anilines is 1. The Hall–Kier alpha value is -4.40. The van der Waals surface area contributed by atoms with E-state index in [9.17, 15) is 18.3 Å². The van der Waals surface area contributed by atoms with Crippen molar-refractivity contribution >= 4 is 17.0 Å². The van der Waals surface area contributed by atoms with E-state index in [2.05, 4.69) is 25.3 Å². The average molecular weight is 649 g/mol. The first-order chi connectivity index (χ1) is 22.6. The minimum Gasteiger partial charge on any atom is -0.392 e. The molecule has 11 nitrogen and oxygen atoms in total. The molecule has 2 fully saturated rings. The minimum absolute atomic E-state index is 0.0173. The van der Waals surface area contributed by atoms with Gasteiger partial charge in [-0.15, -0.1) is 0 Å². The topological polar surface area (TPSA) is 127 Å². The van der Waals surface area contributed by atoms with Crippen LogP contribution in [0.25, 0.3) is 33.7 Å². The molecule has 2 saturated heterocycles. The summed E-state index contributed by atoms with van der Waals surface area (Å²) in [5.74, 6) is 0.597. The summed E-state index contributed by atoms with van der Waals surface area (Å²) < 4.78 is 56.4. The molecule has 2 aliphatic rings. The van der Waals surface area contributed by atoms with E-state index >= 15 is 0 Å². The second kappa shape index (κ2) is 12.7. The van der Waals surface area contributed by atoms with Crippen LogP contribution in [0.4, 0.5) is 19.1 Å². The van der Waals surface area contributed by atoms with Crippen molar-refractivity contribution in [1.29, 1.82) is 0 Å². The molecule has 5 aromatic rings. The summed E-state index contributed by atoms with van der Waals surface area (Å²) in [6, 6.07) is 13.0. The standard InChI is InChI=1S/C33H35F3N8O3/c1-19-28(20(2)47-42-19)26-12-11-24-29(41-44(31(24)39-26)27-10-6-7-13-46-27)30-25(33(34,35)36)15-37-32(40-30)38-22-14-23(45)18-43(17-22)16-21-8-4-3-5-9-21/h3-5,8-9,11-12,15,22-23,27,45H,6-7,10,13-14,16-18H2,1-2H3,(H,37,38,40)/t22-,23+,27?/m0/s1. The number of piperidine rings is 1. The van der Waals surface area contributed by atoms with Gasteiger partial charge in [0, 0.05) is 43.9 Å². The molecule has 0 bridgehead atoms. The number of rotatable bonds is 7. The predicted molar refractivity (Wildman–Crippen MR) is 167 cm³/mol. The van der Waals surface area contributed by atoms with Crippen LogP contribution < -0.4 is 5.32 Å². The zero-order chi connectivity index (χ0) is 32.7. The summed E-state index contributed by atoms with van der Waals surface area (Å²) in [4.78, 5) is 15.5. The lowest BCUT2D eigenvalue weighted by molar-refractivity contribution is -0.137. The Morgan fingerprint density at radius 3 is 2.57 bits per heavy atom. The third-order valence-corrected chi connectivity index (χ3v) is 8.68. The number of aliphatic hydroxyl groups is 1. The number of aliphatic hydroxyl groups excluding tert-OH is 1. The van der Waals surface area contributed by atoms with E-state index in [1.54, 1.807) is 23.7 Å². The molecule has 7 rings (SSSR count). The predicted octanol–water partition coefficient (Wildman–Crippen LogP) is 5.93. The first-order valence-corrected chi connectivity index (χ1v) is 15.7. The number of fused-ring (bicyclic) bond motifs is 1. The summed E-state index contributed by atoms with van der Waals surface area (Å²) >= 11 is 0. The number of halogens is 3. The fourth-order valence-electron chi connectivity index (χ4n) is 6.56. The number of hydrogen-bond acceptors (Lipinski definition) is 10. The molecule has 14 heteroatoms. The Balaban J connectivity index is 1.28. The van der Waals surface area contributed by atoms with E-state index in [0.717, 1.165) is 24.6 Å². The van der Waals surface area contributed by atoms with Gasteiger partial charge in [-0.3, -0.25) is 4.90 Å². The van der Waals surface area contributed by atoms with E-state index in [0.29, 0.717) is 72.8 Å². The van der Waals surface area contributed by atoms with Crippen molar-refractivity contribution in [3.8, 4) is 22.6 Å². The second-order valence-corrected chi connectivity index (χ2v) is 12.2. The van der Waals surface area contributed by atoms with E-state index in [1.807, 2.05) is 37.3 Å². The Kier molecular flexibility index (Phi) is 8.41. The van der Waals surface area contributed by atoms with E-state index < -0.39 is 24.1 Å². The molecule has 6 heterocycles. The molecule has 2 N–H and O–H groups in total. The SMILES string of the molecule is Cc1noc(C)c1-c1ccc2c(-c3nc(N[C@H]4C[C@@H](O)CN(Cc5ccccc5)C4)ncc3C(F)(F)F)nn(C3CCCCO3)c2n1. The summed E-state index contributed by atoms with van der Waals surface area (Å²) in [7, 11) is 0. The Bertz CT molecular complexity index is 1850.